The Morgan fingerprint density at radius 2 is 1.74 bits per heavy atom. The van der Waals surface area contributed by atoms with E-state index in [4.69, 9.17) is 9.47 Å². The molecule has 172 valence electrons. The van der Waals surface area contributed by atoms with Gasteiger partial charge in [0.15, 0.2) is 0 Å². The molecule has 0 bridgehead atoms. The minimum Gasteiger partial charge on any atom is -0.465 e. The van der Waals surface area contributed by atoms with Crippen LogP contribution in [0.15, 0.2) is 79.1 Å². The van der Waals surface area contributed by atoms with Crippen LogP contribution < -0.4 is 10.1 Å². The molecule has 8 heteroatoms. The zero-order valence-electron chi connectivity index (χ0n) is 18.6. The fourth-order valence-electron chi connectivity index (χ4n) is 3.33. The van der Waals surface area contributed by atoms with Crippen molar-refractivity contribution in [2.24, 2.45) is 7.05 Å². The van der Waals surface area contributed by atoms with Crippen molar-refractivity contribution in [3.63, 3.8) is 0 Å². The lowest BCUT2D eigenvalue weighted by Gasteiger charge is -2.13. The minimum absolute atomic E-state index is 0.243. The number of benzene rings is 3. The fraction of sp³-hybridized carbons (Fsp3) is 0.115. The largest absolute Gasteiger partial charge is 0.465 e. The van der Waals surface area contributed by atoms with Crippen molar-refractivity contribution >= 4 is 11.9 Å². The van der Waals surface area contributed by atoms with E-state index in [0.717, 1.165) is 16.7 Å². The maximum Gasteiger partial charge on any atom is 0.337 e. The standard InChI is InChI=1S/C26H22FN3O4/c1-30-16-20(15-29-30)19-7-12-24(34-22-10-8-21(27)9-11-22)23(13-19)25(31)28-14-17-3-5-18(6-4-17)26(32)33-2/h3-13,15-16H,14H2,1-2H3,(H,28,31). The van der Waals surface area contributed by atoms with Gasteiger partial charge >= 0.3 is 5.97 Å². The van der Waals surface area contributed by atoms with Crippen molar-refractivity contribution < 1.29 is 23.5 Å². The number of amides is 1. The van der Waals surface area contributed by atoms with E-state index >= 15 is 0 Å². The van der Waals surface area contributed by atoms with Gasteiger partial charge in [0, 0.05) is 25.4 Å². The van der Waals surface area contributed by atoms with Gasteiger partial charge in [-0.05, 0) is 59.7 Å². The van der Waals surface area contributed by atoms with Crippen molar-refractivity contribution in [3.8, 4) is 22.6 Å². The third kappa shape index (κ3) is 5.29. The van der Waals surface area contributed by atoms with E-state index < -0.39 is 5.97 Å². The van der Waals surface area contributed by atoms with E-state index in [1.54, 1.807) is 47.3 Å². The second kappa shape index (κ2) is 9.99. The van der Waals surface area contributed by atoms with E-state index in [9.17, 15) is 14.0 Å². The molecule has 34 heavy (non-hydrogen) atoms. The van der Waals surface area contributed by atoms with Gasteiger partial charge in [0.2, 0.25) is 0 Å². The third-order valence-electron chi connectivity index (χ3n) is 5.13. The Morgan fingerprint density at radius 3 is 2.38 bits per heavy atom. The topological polar surface area (TPSA) is 82.5 Å². The van der Waals surface area contributed by atoms with Gasteiger partial charge in [0.25, 0.3) is 5.91 Å². The SMILES string of the molecule is COC(=O)c1ccc(CNC(=O)c2cc(-c3cnn(C)c3)ccc2Oc2ccc(F)cc2)cc1. The van der Waals surface area contributed by atoms with Crippen molar-refractivity contribution in [2.75, 3.05) is 7.11 Å². The molecule has 3 aromatic carbocycles. The summed E-state index contributed by atoms with van der Waals surface area (Å²) in [6, 6.07) is 17.6. The first-order valence-corrected chi connectivity index (χ1v) is 10.4. The van der Waals surface area contributed by atoms with E-state index in [1.165, 1.54) is 31.4 Å². The number of nitrogens with one attached hydrogen (secondary N) is 1. The van der Waals surface area contributed by atoms with Gasteiger partial charge in [-0.2, -0.15) is 5.10 Å². The van der Waals surface area contributed by atoms with Crippen LogP contribution in [0.4, 0.5) is 4.39 Å². The molecule has 4 aromatic rings. The second-order valence-corrected chi connectivity index (χ2v) is 7.54. The van der Waals surface area contributed by atoms with Gasteiger partial charge in [-0.15, -0.1) is 0 Å². The van der Waals surface area contributed by atoms with E-state index in [1.807, 2.05) is 19.3 Å². The van der Waals surface area contributed by atoms with Crippen LogP contribution in [0.2, 0.25) is 0 Å². The highest BCUT2D eigenvalue weighted by Crippen LogP contribution is 2.30. The number of ether oxygens (including phenoxy) is 2. The van der Waals surface area contributed by atoms with Crippen LogP contribution in [0.1, 0.15) is 26.3 Å². The van der Waals surface area contributed by atoms with Crippen molar-refractivity contribution in [3.05, 3.63) is 102 Å². The van der Waals surface area contributed by atoms with Gasteiger partial charge in [0.1, 0.15) is 17.3 Å². The van der Waals surface area contributed by atoms with Crippen molar-refractivity contribution in [1.82, 2.24) is 15.1 Å². The van der Waals surface area contributed by atoms with E-state index in [2.05, 4.69) is 10.4 Å². The van der Waals surface area contributed by atoms with Crippen LogP contribution in [0.25, 0.3) is 11.1 Å². The molecule has 7 nitrogen and oxygen atoms in total. The highest BCUT2D eigenvalue weighted by atomic mass is 19.1. The number of methoxy groups -OCH3 is 1. The summed E-state index contributed by atoms with van der Waals surface area (Å²) >= 11 is 0. The maximum atomic E-state index is 13.3. The average molecular weight is 459 g/mol. The lowest BCUT2D eigenvalue weighted by Crippen LogP contribution is -2.23. The normalized spacial score (nSPS) is 10.6. The first kappa shape index (κ1) is 22.7. The highest BCUT2D eigenvalue weighted by Gasteiger charge is 2.16. The van der Waals surface area contributed by atoms with Gasteiger partial charge in [-0.3, -0.25) is 9.48 Å². The summed E-state index contributed by atoms with van der Waals surface area (Å²) < 4.78 is 25.5. The molecule has 0 radical (unpaired) electrons. The molecule has 0 saturated carbocycles. The van der Waals surface area contributed by atoms with Gasteiger partial charge in [-0.1, -0.05) is 18.2 Å². The first-order chi connectivity index (χ1) is 16.4. The summed E-state index contributed by atoms with van der Waals surface area (Å²) in [5, 5.41) is 7.07. The molecular weight excluding hydrogens is 437 g/mol. The number of nitrogens with zero attached hydrogens (tertiary/aromatic N) is 2. The molecule has 1 N–H and O–H groups in total. The Labute approximate surface area is 195 Å². The highest BCUT2D eigenvalue weighted by molar-refractivity contribution is 5.98. The van der Waals surface area contributed by atoms with Gasteiger partial charge in [0.05, 0.1) is 24.4 Å². The summed E-state index contributed by atoms with van der Waals surface area (Å²) in [7, 11) is 3.14. The van der Waals surface area contributed by atoms with Crippen LogP contribution in [0.3, 0.4) is 0 Å². The number of rotatable bonds is 7. The Bertz CT molecular complexity index is 1310. The smallest absolute Gasteiger partial charge is 0.337 e. The van der Waals surface area contributed by atoms with Gasteiger partial charge in [-0.25, -0.2) is 9.18 Å². The van der Waals surface area contributed by atoms with Crippen LogP contribution in [0.5, 0.6) is 11.5 Å². The van der Waals surface area contributed by atoms with Gasteiger partial charge < -0.3 is 14.8 Å². The zero-order valence-corrected chi connectivity index (χ0v) is 18.6. The molecule has 0 aliphatic rings. The number of carbonyl (C=O) groups excluding carboxylic acids is 2. The third-order valence-corrected chi connectivity index (χ3v) is 5.13. The van der Waals surface area contributed by atoms with Crippen LogP contribution >= 0.6 is 0 Å². The summed E-state index contributed by atoms with van der Waals surface area (Å²) in [4.78, 5) is 24.7. The molecule has 0 spiro atoms. The molecule has 1 heterocycles. The lowest BCUT2D eigenvalue weighted by molar-refractivity contribution is 0.0600. The molecule has 0 atom stereocenters. The minimum atomic E-state index is -0.426. The lowest BCUT2D eigenvalue weighted by atomic mass is 10.0. The molecule has 4 rings (SSSR count). The van der Waals surface area contributed by atoms with E-state index in [-0.39, 0.29) is 18.3 Å². The first-order valence-electron chi connectivity index (χ1n) is 10.4. The zero-order chi connectivity index (χ0) is 24.1. The maximum absolute atomic E-state index is 13.3. The Hall–Kier alpha value is -4.46. The summed E-state index contributed by atoms with van der Waals surface area (Å²) in [5.74, 6) is -0.415. The monoisotopic (exact) mass is 459 g/mol. The number of esters is 1. The number of carbonyl (C=O) groups is 2. The second-order valence-electron chi connectivity index (χ2n) is 7.54. The molecular formula is C26H22FN3O4. The molecule has 0 saturated heterocycles. The summed E-state index contributed by atoms with van der Waals surface area (Å²) in [5.41, 5.74) is 3.20. The molecule has 1 aromatic heterocycles. The molecule has 0 fully saturated rings. The van der Waals surface area contributed by atoms with Crippen molar-refractivity contribution in [2.45, 2.75) is 6.54 Å². The van der Waals surface area contributed by atoms with E-state index in [0.29, 0.717) is 22.6 Å². The molecule has 0 aliphatic heterocycles. The molecule has 0 unspecified atom stereocenters. The Kier molecular flexibility index (Phi) is 6.68. The number of aromatic nitrogens is 2. The van der Waals surface area contributed by atoms with Crippen LogP contribution in [0, 0.1) is 5.82 Å². The van der Waals surface area contributed by atoms with Crippen LogP contribution in [-0.2, 0) is 18.3 Å². The predicted octanol–water partition coefficient (Wildman–Crippen LogP) is 4.74. The molecule has 1 amide bonds. The summed E-state index contributed by atoms with van der Waals surface area (Å²) in [6.45, 7) is 0.243. The number of hydrogen-bond donors (Lipinski definition) is 1. The predicted molar refractivity (Wildman–Crippen MR) is 124 cm³/mol. The Balaban J connectivity index is 1.58. The Morgan fingerprint density at radius 1 is 1.00 bits per heavy atom. The fourth-order valence-corrected chi connectivity index (χ4v) is 3.33. The summed E-state index contributed by atoms with van der Waals surface area (Å²) in [6.07, 6.45) is 3.56. The number of aryl methyl sites for hydroxylation is 1. The molecule has 0 aliphatic carbocycles. The number of halogens is 1. The van der Waals surface area contributed by atoms with Crippen LogP contribution in [-0.4, -0.2) is 28.8 Å². The number of hydrogen-bond acceptors (Lipinski definition) is 5. The average Bonchev–Trinajstić information content (AvgIpc) is 3.30. The quantitative estimate of drug-likeness (QED) is 0.404. The van der Waals surface area contributed by atoms with Crippen molar-refractivity contribution in [1.29, 1.82) is 0 Å².